The third-order valence-corrected chi connectivity index (χ3v) is 6.51. The molecule has 1 aliphatic heterocycles. The van der Waals surface area contributed by atoms with E-state index in [-0.39, 0.29) is 17.2 Å². The quantitative estimate of drug-likeness (QED) is 0.455. The molecule has 2 aromatic heterocycles. The van der Waals surface area contributed by atoms with E-state index in [0.717, 1.165) is 23.2 Å². The lowest BCUT2D eigenvalue weighted by Crippen LogP contribution is -2.21. The van der Waals surface area contributed by atoms with Crippen LogP contribution < -0.4 is 9.47 Å². The number of hydrogen-bond donors (Lipinski definition) is 1. The molecule has 1 N–H and O–H groups in total. The van der Waals surface area contributed by atoms with Crippen LogP contribution in [0.4, 0.5) is 0 Å². The Bertz CT molecular complexity index is 1350. The number of aromatic amines is 1. The van der Waals surface area contributed by atoms with Crippen LogP contribution in [0.15, 0.2) is 58.7 Å². The number of nitrogens with zero attached hydrogens (tertiary/aromatic N) is 2. The predicted octanol–water partition coefficient (Wildman–Crippen LogP) is 3.93. The zero-order chi connectivity index (χ0) is 25.9. The number of rotatable bonds is 9. The molecule has 0 amide bonds. The summed E-state index contributed by atoms with van der Waals surface area (Å²) in [4.78, 5) is 11.9. The van der Waals surface area contributed by atoms with E-state index in [1.807, 2.05) is 38.1 Å². The van der Waals surface area contributed by atoms with Crippen molar-refractivity contribution in [1.82, 2.24) is 9.97 Å². The van der Waals surface area contributed by atoms with Crippen LogP contribution in [0.1, 0.15) is 19.5 Å². The number of nitrogens with one attached hydrogen (secondary N) is 1. The highest BCUT2D eigenvalue weighted by molar-refractivity contribution is 7.90. The molecule has 1 aromatic carbocycles. The Balaban J connectivity index is 1.66. The van der Waals surface area contributed by atoms with Crippen molar-refractivity contribution in [2.45, 2.75) is 30.5 Å². The van der Waals surface area contributed by atoms with Gasteiger partial charge in [-0.15, -0.1) is 0 Å². The van der Waals surface area contributed by atoms with Crippen molar-refractivity contribution in [3.8, 4) is 28.5 Å². The van der Waals surface area contributed by atoms with Crippen molar-refractivity contribution >= 4 is 15.9 Å². The molecule has 0 fully saturated rings. The number of pyridine rings is 1. The maximum absolute atomic E-state index is 11.7. The second-order valence-corrected chi connectivity index (χ2v) is 10.7. The SMILES string of the molecule is COC[C@H](C)Oc1cc(Oc2ccc(S(C)(=O)=O)nc2)cc(-c2ccc(C3(C)COC(OC)=N3)[nH]2)c1. The van der Waals surface area contributed by atoms with Gasteiger partial charge < -0.3 is 28.7 Å². The fourth-order valence-electron chi connectivity index (χ4n) is 3.73. The lowest BCUT2D eigenvalue weighted by Gasteiger charge is -2.17. The van der Waals surface area contributed by atoms with Crippen molar-refractivity contribution in [3.05, 3.63) is 54.4 Å². The maximum Gasteiger partial charge on any atom is 0.384 e. The predicted molar refractivity (Wildman–Crippen MR) is 133 cm³/mol. The third kappa shape index (κ3) is 5.80. The molecule has 3 aromatic rings. The number of hydrogen-bond acceptors (Lipinski definition) is 9. The number of ether oxygens (including phenoxy) is 5. The van der Waals surface area contributed by atoms with Gasteiger partial charge >= 0.3 is 6.08 Å². The summed E-state index contributed by atoms with van der Waals surface area (Å²) in [5, 5.41) is -0.0244. The first kappa shape index (κ1) is 25.5. The van der Waals surface area contributed by atoms with Crippen molar-refractivity contribution < 1.29 is 32.1 Å². The Kier molecular flexibility index (Phi) is 7.23. The first-order chi connectivity index (χ1) is 17.1. The van der Waals surface area contributed by atoms with Crippen LogP contribution in [0, 0.1) is 0 Å². The van der Waals surface area contributed by atoms with Gasteiger partial charge in [0.15, 0.2) is 14.9 Å². The van der Waals surface area contributed by atoms with E-state index in [1.165, 1.54) is 19.4 Å². The standard InChI is InChI=1S/C25H29N3O7S/c1-16(14-31-3)34-19-10-17(21-7-8-22(27-21)25(2)15-33-24(28-25)32-4)11-20(12-19)35-18-6-9-23(26-13-18)36(5,29)30/h6-13,16,27H,14-15H2,1-5H3/t16-,25?/m0/s1. The number of H-pyrrole nitrogens is 1. The number of benzene rings is 1. The Morgan fingerprint density at radius 3 is 2.53 bits per heavy atom. The van der Waals surface area contributed by atoms with Gasteiger partial charge in [-0.2, -0.15) is 0 Å². The van der Waals surface area contributed by atoms with Gasteiger partial charge in [0, 0.05) is 36.4 Å². The Hall–Kier alpha value is -3.57. The van der Waals surface area contributed by atoms with Crippen molar-refractivity contribution in [3.63, 3.8) is 0 Å². The summed E-state index contributed by atoms with van der Waals surface area (Å²) in [5.41, 5.74) is 1.91. The zero-order valence-corrected chi connectivity index (χ0v) is 21.6. The normalized spacial score (nSPS) is 18.3. The Morgan fingerprint density at radius 2 is 1.89 bits per heavy atom. The topological polar surface area (TPSA) is 121 Å². The number of sulfone groups is 1. The van der Waals surface area contributed by atoms with Crippen LogP contribution in [0.25, 0.3) is 11.3 Å². The van der Waals surface area contributed by atoms with Crippen LogP contribution in [0.2, 0.25) is 0 Å². The number of aliphatic imine (C=N–C) groups is 1. The molecule has 36 heavy (non-hydrogen) atoms. The van der Waals surface area contributed by atoms with E-state index in [0.29, 0.717) is 30.5 Å². The first-order valence-electron chi connectivity index (χ1n) is 11.2. The highest BCUT2D eigenvalue weighted by Crippen LogP contribution is 2.35. The van der Waals surface area contributed by atoms with Gasteiger partial charge in [0.2, 0.25) is 0 Å². The van der Waals surface area contributed by atoms with E-state index >= 15 is 0 Å². The summed E-state index contributed by atoms with van der Waals surface area (Å²) < 4.78 is 51.3. The van der Waals surface area contributed by atoms with Crippen LogP contribution in [-0.4, -0.2) is 64.3 Å². The molecule has 192 valence electrons. The summed E-state index contributed by atoms with van der Waals surface area (Å²) in [6.07, 6.45) is 2.54. The fraction of sp³-hybridized carbons (Fsp3) is 0.360. The number of aromatic nitrogens is 2. The summed E-state index contributed by atoms with van der Waals surface area (Å²) in [6, 6.07) is 12.4. The minimum atomic E-state index is -3.40. The number of methoxy groups -OCH3 is 2. The highest BCUT2D eigenvalue weighted by atomic mass is 32.2. The minimum Gasteiger partial charge on any atom is -0.488 e. The average Bonchev–Trinajstić information content (AvgIpc) is 3.47. The molecule has 1 unspecified atom stereocenters. The fourth-order valence-corrected chi connectivity index (χ4v) is 4.29. The average molecular weight is 516 g/mol. The molecular formula is C25H29N3O7S. The Morgan fingerprint density at radius 1 is 1.11 bits per heavy atom. The van der Waals surface area contributed by atoms with E-state index in [9.17, 15) is 8.42 Å². The Labute approximate surface area is 210 Å². The van der Waals surface area contributed by atoms with Crippen LogP contribution in [0.5, 0.6) is 17.2 Å². The largest absolute Gasteiger partial charge is 0.488 e. The van der Waals surface area contributed by atoms with E-state index in [2.05, 4.69) is 15.0 Å². The molecule has 10 nitrogen and oxygen atoms in total. The molecular weight excluding hydrogens is 486 g/mol. The monoisotopic (exact) mass is 515 g/mol. The smallest absolute Gasteiger partial charge is 0.384 e. The third-order valence-electron chi connectivity index (χ3n) is 5.51. The van der Waals surface area contributed by atoms with Gasteiger partial charge in [0.05, 0.1) is 19.9 Å². The highest BCUT2D eigenvalue weighted by Gasteiger charge is 2.35. The van der Waals surface area contributed by atoms with Crippen LogP contribution in [0.3, 0.4) is 0 Å². The molecule has 2 atom stereocenters. The van der Waals surface area contributed by atoms with Gasteiger partial charge in [-0.25, -0.2) is 18.4 Å². The molecule has 4 rings (SSSR count). The van der Waals surface area contributed by atoms with Gasteiger partial charge in [-0.1, -0.05) is 0 Å². The second-order valence-electron chi connectivity index (χ2n) is 8.71. The zero-order valence-electron chi connectivity index (χ0n) is 20.8. The van der Waals surface area contributed by atoms with E-state index in [1.54, 1.807) is 19.2 Å². The lowest BCUT2D eigenvalue weighted by atomic mass is 10.0. The van der Waals surface area contributed by atoms with Gasteiger partial charge in [0.25, 0.3) is 0 Å². The first-order valence-corrected chi connectivity index (χ1v) is 13.1. The van der Waals surface area contributed by atoms with Crippen molar-refractivity contribution in [2.75, 3.05) is 33.7 Å². The summed E-state index contributed by atoms with van der Waals surface area (Å²) in [6.45, 7) is 4.65. The molecule has 0 saturated carbocycles. The van der Waals surface area contributed by atoms with Crippen LogP contribution in [-0.2, 0) is 29.6 Å². The molecule has 3 heterocycles. The molecule has 0 spiro atoms. The molecule has 0 aliphatic carbocycles. The lowest BCUT2D eigenvalue weighted by molar-refractivity contribution is 0.0920. The summed E-state index contributed by atoms with van der Waals surface area (Å²) in [7, 11) is -0.270. The van der Waals surface area contributed by atoms with E-state index in [4.69, 9.17) is 23.7 Å². The van der Waals surface area contributed by atoms with Gasteiger partial charge in [-0.05, 0) is 50.2 Å². The van der Waals surface area contributed by atoms with Gasteiger partial charge in [-0.3, -0.25) is 0 Å². The molecule has 0 bridgehead atoms. The summed E-state index contributed by atoms with van der Waals surface area (Å²) >= 11 is 0. The summed E-state index contributed by atoms with van der Waals surface area (Å²) in [5.74, 6) is 1.46. The van der Waals surface area contributed by atoms with Crippen molar-refractivity contribution in [1.29, 1.82) is 0 Å². The maximum atomic E-state index is 11.7. The molecule has 11 heteroatoms. The molecule has 0 radical (unpaired) electrons. The minimum absolute atomic E-state index is 0.0244. The van der Waals surface area contributed by atoms with Crippen LogP contribution >= 0.6 is 0 Å². The second kappa shape index (κ2) is 10.2. The van der Waals surface area contributed by atoms with Gasteiger partial charge in [0.1, 0.15) is 35.5 Å². The van der Waals surface area contributed by atoms with Crippen molar-refractivity contribution in [2.24, 2.45) is 4.99 Å². The molecule has 1 aliphatic rings. The van der Waals surface area contributed by atoms with E-state index < -0.39 is 15.4 Å². The molecule has 0 saturated heterocycles.